The number of alkyl halides is 1. The Morgan fingerprint density at radius 2 is 2.50 bits per heavy atom. The Labute approximate surface area is 75.3 Å². The summed E-state index contributed by atoms with van der Waals surface area (Å²) in [6, 6.07) is 1.69. The summed E-state index contributed by atoms with van der Waals surface area (Å²) in [5, 5.41) is 0. The second-order valence-corrected chi connectivity index (χ2v) is 2.43. The van der Waals surface area contributed by atoms with Gasteiger partial charge in [-0.3, -0.25) is 4.98 Å². The molecule has 0 fully saturated rings. The molecule has 1 rings (SSSR count). The highest BCUT2D eigenvalue weighted by Crippen LogP contribution is 2.10. The quantitative estimate of drug-likeness (QED) is 0.519. The number of hydrogen-bond donors (Lipinski definition) is 0. The first-order valence-corrected chi connectivity index (χ1v) is 3.90. The van der Waals surface area contributed by atoms with Crippen molar-refractivity contribution in [3.63, 3.8) is 0 Å². The van der Waals surface area contributed by atoms with Crippen molar-refractivity contribution < 1.29 is 9.53 Å². The van der Waals surface area contributed by atoms with Crippen LogP contribution in [0.25, 0.3) is 0 Å². The summed E-state index contributed by atoms with van der Waals surface area (Å²) in [5.41, 5.74) is 1.16. The fourth-order valence-corrected chi connectivity index (χ4v) is 1.07. The first-order valence-electron chi connectivity index (χ1n) is 3.36. The van der Waals surface area contributed by atoms with Crippen molar-refractivity contribution in [1.82, 2.24) is 4.98 Å². The predicted molar refractivity (Wildman–Crippen MR) is 45.1 cm³/mol. The number of halogens is 1. The molecule has 0 atom stereocenters. The molecule has 0 unspecified atom stereocenters. The third kappa shape index (κ3) is 1.74. The molecule has 64 valence electrons. The van der Waals surface area contributed by atoms with Gasteiger partial charge in [-0.1, -0.05) is 0 Å². The van der Waals surface area contributed by atoms with Crippen molar-refractivity contribution in [3.8, 4) is 0 Å². The third-order valence-corrected chi connectivity index (χ3v) is 1.75. The molecule has 0 saturated carbocycles. The fourth-order valence-electron chi connectivity index (χ4n) is 0.834. The fraction of sp³-hybridized carbons (Fsp3) is 0.250. The Bertz CT molecular complexity index is 288. The molecule has 0 amide bonds. The molecule has 0 saturated heterocycles. The molecule has 1 heterocycles. The molecule has 0 bridgehead atoms. The Morgan fingerprint density at radius 1 is 1.75 bits per heavy atom. The van der Waals surface area contributed by atoms with Crippen LogP contribution in [-0.4, -0.2) is 18.1 Å². The van der Waals surface area contributed by atoms with Gasteiger partial charge in [0, 0.05) is 18.3 Å². The zero-order valence-electron chi connectivity index (χ0n) is 6.58. The number of carbonyl (C=O) groups excluding carboxylic acids is 1. The summed E-state index contributed by atoms with van der Waals surface area (Å²) < 4.78 is 4.54. The van der Waals surface area contributed by atoms with E-state index in [1.165, 1.54) is 13.3 Å². The van der Waals surface area contributed by atoms with Crippen molar-refractivity contribution in [3.05, 3.63) is 29.6 Å². The van der Waals surface area contributed by atoms with Crippen LogP contribution in [0.4, 0.5) is 0 Å². The number of nitrogens with zero attached hydrogens (tertiary/aromatic N) is 1. The largest absolute Gasteiger partial charge is 0.465 e. The molecule has 0 aliphatic carbocycles. The van der Waals surface area contributed by atoms with Gasteiger partial charge >= 0.3 is 5.97 Å². The number of aromatic nitrogens is 1. The van der Waals surface area contributed by atoms with Crippen molar-refractivity contribution in [2.45, 2.75) is 5.88 Å². The first kappa shape index (κ1) is 9.00. The predicted octanol–water partition coefficient (Wildman–Crippen LogP) is 1.61. The van der Waals surface area contributed by atoms with Gasteiger partial charge in [-0.2, -0.15) is 0 Å². The summed E-state index contributed by atoms with van der Waals surface area (Å²) >= 11 is 5.60. The van der Waals surface area contributed by atoms with E-state index >= 15 is 0 Å². The van der Waals surface area contributed by atoms with Crippen LogP contribution in [0.3, 0.4) is 0 Å². The van der Waals surface area contributed by atoms with Crippen LogP contribution in [0.1, 0.15) is 15.9 Å². The molecule has 1 aromatic rings. The average molecular weight is 186 g/mol. The zero-order valence-corrected chi connectivity index (χ0v) is 7.34. The van der Waals surface area contributed by atoms with Crippen molar-refractivity contribution in [2.24, 2.45) is 0 Å². The van der Waals surface area contributed by atoms with E-state index in [0.717, 1.165) is 5.56 Å². The molecule has 0 N–H and O–H groups in total. The van der Waals surface area contributed by atoms with Crippen molar-refractivity contribution in [2.75, 3.05) is 7.11 Å². The average Bonchev–Trinajstić information content (AvgIpc) is 2.16. The molecule has 0 spiro atoms. The number of rotatable bonds is 2. The number of carbonyl (C=O) groups is 1. The van der Waals surface area contributed by atoms with Gasteiger partial charge in [0.1, 0.15) is 0 Å². The van der Waals surface area contributed by atoms with Gasteiger partial charge in [-0.05, 0) is 11.6 Å². The lowest BCUT2D eigenvalue weighted by Crippen LogP contribution is -2.05. The number of esters is 1. The minimum atomic E-state index is -0.404. The topological polar surface area (TPSA) is 39.2 Å². The summed E-state index contributed by atoms with van der Waals surface area (Å²) in [7, 11) is 1.33. The molecule has 12 heavy (non-hydrogen) atoms. The molecule has 0 aliphatic rings. The monoisotopic (exact) mass is 185 g/mol. The van der Waals surface area contributed by atoms with E-state index in [1.807, 2.05) is 0 Å². The van der Waals surface area contributed by atoms with Crippen LogP contribution in [0.15, 0.2) is 18.5 Å². The summed E-state index contributed by atoms with van der Waals surface area (Å²) in [6.07, 6.45) is 3.04. The van der Waals surface area contributed by atoms with Crippen molar-refractivity contribution in [1.29, 1.82) is 0 Å². The number of ether oxygens (including phenoxy) is 1. The molecule has 0 radical (unpaired) electrons. The van der Waals surface area contributed by atoms with Crippen LogP contribution in [0.5, 0.6) is 0 Å². The van der Waals surface area contributed by atoms with Crippen LogP contribution in [-0.2, 0) is 10.6 Å². The lowest BCUT2D eigenvalue weighted by Gasteiger charge is -2.02. The zero-order chi connectivity index (χ0) is 8.97. The van der Waals surface area contributed by atoms with Gasteiger partial charge < -0.3 is 4.74 Å². The molecule has 1 aromatic heterocycles. The minimum Gasteiger partial charge on any atom is -0.465 e. The lowest BCUT2D eigenvalue weighted by molar-refractivity contribution is 0.0599. The summed E-state index contributed by atoms with van der Waals surface area (Å²) in [6.45, 7) is 0. The smallest absolute Gasteiger partial charge is 0.339 e. The van der Waals surface area contributed by atoms with Crippen molar-refractivity contribution >= 4 is 17.6 Å². The molecule has 3 nitrogen and oxygen atoms in total. The molecular formula is C8H8ClNO2. The number of pyridine rings is 1. The van der Waals surface area contributed by atoms with E-state index in [4.69, 9.17) is 11.6 Å². The van der Waals surface area contributed by atoms with E-state index in [-0.39, 0.29) is 5.88 Å². The highest BCUT2D eigenvalue weighted by molar-refractivity contribution is 6.17. The SMILES string of the molecule is COC(=O)c1cnccc1CCl. The van der Waals surface area contributed by atoms with Gasteiger partial charge in [0.05, 0.1) is 12.7 Å². The van der Waals surface area contributed by atoms with Gasteiger partial charge in [-0.25, -0.2) is 4.79 Å². The van der Waals surface area contributed by atoms with Crippen LogP contribution in [0.2, 0.25) is 0 Å². The maximum Gasteiger partial charge on any atom is 0.339 e. The first-order chi connectivity index (χ1) is 5.79. The third-order valence-electron chi connectivity index (χ3n) is 1.46. The summed E-state index contributed by atoms with van der Waals surface area (Å²) in [4.78, 5) is 14.9. The Kier molecular flexibility index (Phi) is 3.05. The molecular weight excluding hydrogens is 178 g/mol. The van der Waals surface area contributed by atoms with Gasteiger partial charge in [0.2, 0.25) is 0 Å². The highest BCUT2D eigenvalue weighted by Gasteiger charge is 2.09. The van der Waals surface area contributed by atoms with E-state index in [1.54, 1.807) is 12.3 Å². The maximum atomic E-state index is 11.1. The second-order valence-electron chi connectivity index (χ2n) is 2.16. The van der Waals surface area contributed by atoms with Gasteiger partial charge in [0.25, 0.3) is 0 Å². The summed E-state index contributed by atoms with van der Waals surface area (Å²) in [5.74, 6) is -0.119. The van der Waals surface area contributed by atoms with E-state index < -0.39 is 5.97 Å². The maximum absolute atomic E-state index is 11.1. The van der Waals surface area contributed by atoms with Gasteiger partial charge in [-0.15, -0.1) is 11.6 Å². The van der Waals surface area contributed by atoms with Crippen LogP contribution in [0, 0.1) is 0 Å². The lowest BCUT2D eigenvalue weighted by atomic mass is 10.2. The Hall–Kier alpha value is -1.09. The normalized spacial score (nSPS) is 9.50. The van der Waals surface area contributed by atoms with Gasteiger partial charge in [0.15, 0.2) is 0 Å². The Balaban J connectivity index is 3.04. The second kappa shape index (κ2) is 4.07. The van der Waals surface area contributed by atoms with Crippen LogP contribution >= 0.6 is 11.6 Å². The number of hydrogen-bond acceptors (Lipinski definition) is 3. The standard InChI is InChI=1S/C8H8ClNO2/c1-12-8(11)7-5-10-3-2-6(7)4-9/h2-3,5H,4H2,1H3. The van der Waals surface area contributed by atoms with E-state index in [9.17, 15) is 4.79 Å². The molecule has 0 aromatic carbocycles. The minimum absolute atomic E-state index is 0.285. The van der Waals surface area contributed by atoms with Crippen LogP contribution < -0.4 is 0 Å². The number of methoxy groups -OCH3 is 1. The Morgan fingerprint density at radius 3 is 3.08 bits per heavy atom. The van der Waals surface area contributed by atoms with E-state index in [2.05, 4.69) is 9.72 Å². The highest BCUT2D eigenvalue weighted by atomic mass is 35.5. The molecule has 4 heteroatoms. The van der Waals surface area contributed by atoms with E-state index in [0.29, 0.717) is 5.56 Å². The molecule has 0 aliphatic heterocycles.